The molecule has 6 rings (SSSR count). The van der Waals surface area contributed by atoms with Crippen LogP contribution < -0.4 is 21.7 Å². The van der Waals surface area contributed by atoms with Gasteiger partial charge in [-0.05, 0) is 46.9 Å². The van der Waals surface area contributed by atoms with E-state index < -0.39 is 71.3 Å². The second kappa shape index (κ2) is 20.3. The van der Waals surface area contributed by atoms with E-state index >= 15 is 0 Å². The minimum Gasteiger partial charge on any atom is -0.378 e. The van der Waals surface area contributed by atoms with Gasteiger partial charge in [-0.1, -0.05) is 155 Å². The number of likely N-dealkylation sites (tertiary alicyclic amines) is 1. The Balaban J connectivity index is 1.34. The van der Waals surface area contributed by atoms with E-state index in [0.29, 0.717) is 37.1 Å². The molecule has 1 aromatic heterocycles. The first-order valence-corrected chi connectivity index (χ1v) is 21.3. The van der Waals surface area contributed by atoms with Crippen molar-refractivity contribution in [3.8, 4) is 0 Å². The maximum absolute atomic E-state index is 14.6. The summed E-state index contributed by atoms with van der Waals surface area (Å²) in [4.78, 5) is 74.8. The summed E-state index contributed by atoms with van der Waals surface area (Å²) in [7, 11) is 0. The molecule has 4 aromatic carbocycles. The number of primary amides is 1. The van der Waals surface area contributed by atoms with Crippen molar-refractivity contribution in [2.75, 3.05) is 6.54 Å². The van der Waals surface area contributed by atoms with Gasteiger partial charge in [-0.25, -0.2) is 4.98 Å². The maximum atomic E-state index is 14.6. The van der Waals surface area contributed by atoms with Gasteiger partial charge in [0.1, 0.15) is 29.7 Å². The number of nitrogens with one attached hydrogen (secondary N) is 3. The average Bonchev–Trinajstić information content (AvgIpc) is 3.99. The van der Waals surface area contributed by atoms with E-state index in [4.69, 9.17) is 10.7 Å². The van der Waals surface area contributed by atoms with E-state index in [1.54, 1.807) is 50.5 Å². The van der Waals surface area contributed by atoms with E-state index in [-0.39, 0.29) is 12.3 Å². The van der Waals surface area contributed by atoms with Crippen molar-refractivity contribution < 1.29 is 29.1 Å². The van der Waals surface area contributed by atoms with Crippen LogP contribution in [-0.2, 0) is 35.9 Å². The number of aliphatic hydroxyl groups excluding tert-OH is 1. The number of rotatable bonds is 18. The zero-order chi connectivity index (χ0) is 44.4. The van der Waals surface area contributed by atoms with Gasteiger partial charge in [0.05, 0.1) is 12.0 Å². The molecule has 1 fully saturated rings. The predicted molar refractivity (Wildman–Crippen MR) is 236 cm³/mol. The SMILES string of the molecule is CC[C@H](C)[C@H](NC(=O)[C@H](Cc1cn(C(c2ccccc2)(c2ccccc2)c2ccccc2)cn1)NC(=O)[C@@H](O)c1ccccc1)C(=O)N[C@H](C(=O)N1CCC[C@H]1C(N)=O)C(C)C. The van der Waals surface area contributed by atoms with E-state index in [0.717, 1.165) is 16.7 Å². The minimum absolute atomic E-state index is 0.105. The molecule has 0 bridgehead atoms. The summed E-state index contributed by atoms with van der Waals surface area (Å²) in [6, 6.07) is 34.3. The van der Waals surface area contributed by atoms with Gasteiger partial charge in [-0.15, -0.1) is 0 Å². The van der Waals surface area contributed by atoms with Crippen LogP contribution in [0.25, 0.3) is 0 Å². The van der Waals surface area contributed by atoms with E-state index in [1.807, 2.05) is 79.2 Å². The fourth-order valence-corrected chi connectivity index (χ4v) is 8.31. The molecule has 0 saturated carbocycles. The molecule has 0 unspecified atom stereocenters. The number of nitrogens with zero attached hydrogens (tertiary/aromatic N) is 3. The van der Waals surface area contributed by atoms with Crippen molar-refractivity contribution in [1.29, 1.82) is 0 Å². The topological polar surface area (TPSA) is 189 Å². The number of carbonyl (C=O) groups is 5. The summed E-state index contributed by atoms with van der Waals surface area (Å²) in [5.41, 5.74) is 8.41. The van der Waals surface area contributed by atoms with Crippen LogP contribution in [0.15, 0.2) is 134 Å². The van der Waals surface area contributed by atoms with Gasteiger partial charge in [0, 0.05) is 19.2 Å². The number of amides is 5. The van der Waals surface area contributed by atoms with Crippen molar-refractivity contribution in [2.45, 2.75) is 89.2 Å². The van der Waals surface area contributed by atoms with Crippen LogP contribution in [0.3, 0.4) is 0 Å². The lowest BCUT2D eigenvalue weighted by molar-refractivity contribution is -0.142. The number of hydrogen-bond donors (Lipinski definition) is 5. The quantitative estimate of drug-likeness (QED) is 0.0796. The Morgan fingerprint density at radius 2 is 1.26 bits per heavy atom. The molecule has 0 aliphatic carbocycles. The highest BCUT2D eigenvalue weighted by atomic mass is 16.3. The fraction of sp³-hybridized carbons (Fsp3) is 0.347. The monoisotopic (exact) mass is 839 g/mol. The molecule has 5 aromatic rings. The zero-order valence-corrected chi connectivity index (χ0v) is 35.7. The number of imidazole rings is 1. The van der Waals surface area contributed by atoms with E-state index in [9.17, 15) is 29.1 Å². The molecule has 6 N–H and O–H groups in total. The van der Waals surface area contributed by atoms with Crippen molar-refractivity contribution in [3.05, 3.63) is 162 Å². The van der Waals surface area contributed by atoms with Crippen LogP contribution in [0, 0.1) is 11.8 Å². The van der Waals surface area contributed by atoms with E-state index in [2.05, 4.69) is 52.3 Å². The lowest BCUT2D eigenvalue weighted by atomic mass is 9.77. The van der Waals surface area contributed by atoms with Crippen LogP contribution in [0.2, 0.25) is 0 Å². The maximum Gasteiger partial charge on any atom is 0.254 e. The fourth-order valence-electron chi connectivity index (χ4n) is 8.31. The number of hydrogen-bond acceptors (Lipinski definition) is 7. The molecule has 1 saturated heterocycles. The third kappa shape index (κ3) is 9.79. The summed E-state index contributed by atoms with van der Waals surface area (Å²) in [5, 5.41) is 19.6. The second-order valence-corrected chi connectivity index (χ2v) is 16.4. The van der Waals surface area contributed by atoms with Crippen molar-refractivity contribution >= 4 is 29.5 Å². The molecule has 5 amide bonds. The molecule has 0 radical (unpaired) electrons. The van der Waals surface area contributed by atoms with Crippen molar-refractivity contribution in [2.24, 2.45) is 17.6 Å². The van der Waals surface area contributed by atoms with Gasteiger partial charge in [0.15, 0.2) is 6.10 Å². The highest BCUT2D eigenvalue weighted by Crippen LogP contribution is 2.41. The molecule has 62 heavy (non-hydrogen) atoms. The normalized spacial score (nSPS) is 16.4. The molecule has 324 valence electrons. The number of benzene rings is 4. The van der Waals surface area contributed by atoms with Gasteiger partial charge in [0.25, 0.3) is 5.91 Å². The van der Waals surface area contributed by atoms with Gasteiger partial charge < -0.3 is 36.3 Å². The van der Waals surface area contributed by atoms with Gasteiger partial charge in [0.2, 0.25) is 23.6 Å². The first-order chi connectivity index (χ1) is 29.9. The van der Waals surface area contributed by atoms with Crippen molar-refractivity contribution in [3.63, 3.8) is 0 Å². The van der Waals surface area contributed by atoms with Crippen LogP contribution in [-0.4, -0.2) is 79.8 Å². The van der Waals surface area contributed by atoms with E-state index in [1.165, 1.54) is 4.90 Å². The predicted octanol–water partition coefficient (Wildman–Crippen LogP) is 4.63. The van der Waals surface area contributed by atoms with Crippen LogP contribution >= 0.6 is 0 Å². The van der Waals surface area contributed by atoms with Gasteiger partial charge in [-0.2, -0.15) is 0 Å². The first kappa shape index (κ1) is 44.9. The Morgan fingerprint density at radius 1 is 0.742 bits per heavy atom. The molecular weight excluding hydrogens is 783 g/mol. The summed E-state index contributed by atoms with van der Waals surface area (Å²) < 4.78 is 2.00. The highest BCUT2D eigenvalue weighted by molar-refractivity contribution is 5.96. The lowest BCUT2D eigenvalue weighted by Crippen LogP contribution is -2.60. The van der Waals surface area contributed by atoms with Gasteiger partial charge >= 0.3 is 0 Å². The summed E-state index contributed by atoms with van der Waals surface area (Å²) in [6.07, 6.45) is 3.41. The Morgan fingerprint density at radius 3 is 1.76 bits per heavy atom. The standard InChI is InChI=1S/C49H57N7O6/c1-5-33(4)42(46(60)53-41(32(2)3)48(62)56-28-18-27-40(56)44(50)58)54-45(59)39(52-47(61)43(57)34-19-10-6-11-20-34)29-38-30-55(31-51-38)49(35-21-12-7-13-22-35,36-23-14-8-15-24-36)37-25-16-9-17-26-37/h6-17,19-26,30-33,39-43,57H,5,18,27-29H2,1-4H3,(H2,50,58)(H,52,61)(H,53,60)(H,54,59)/t33-,39-,40-,41-,42-,43-/m0/s1. The smallest absolute Gasteiger partial charge is 0.254 e. The molecule has 1 aliphatic heterocycles. The summed E-state index contributed by atoms with van der Waals surface area (Å²) in [5.74, 6) is -3.87. The summed E-state index contributed by atoms with van der Waals surface area (Å²) >= 11 is 0. The molecule has 6 atom stereocenters. The molecule has 2 heterocycles. The summed E-state index contributed by atoms with van der Waals surface area (Å²) in [6.45, 7) is 7.61. The molecule has 1 aliphatic rings. The highest BCUT2D eigenvalue weighted by Gasteiger charge is 2.41. The van der Waals surface area contributed by atoms with Crippen LogP contribution in [0.1, 0.15) is 81.0 Å². The number of carbonyl (C=O) groups excluding carboxylic acids is 5. The Bertz CT molecular complexity index is 2190. The zero-order valence-electron chi connectivity index (χ0n) is 35.7. The molecule has 13 nitrogen and oxygen atoms in total. The number of nitrogens with two attached hydrogens (primary N) is 1. The molecular formula is C49H57N7O6. The Labute approximate surface area is 363 Å². The van der Waals surface area contributed by atoms with Gasteiger partial charge in [-0.3, -0.25) is 24.0 Å². The lowest BCUT2D eigenvalue weighted by Gasteiger charge is -2.37. The first-order valence-electron chi connectivity index (χ1n) is 21.3. The third-order valence-corrected chi connectivity index (χ3v) is 11.9. The molecule has 0 spiro atoms. The molecule has 13 heteroatoms. The Kier molecular flexibility index (Phi) is 14.7. The number of aliphatic hydroxyl groups is 1. The largest absolute Gasteiger partial charge is 0.378 e. The van der Waals surface area contributed by atoms with Crippen molar-refractivity contribution in [1.82, 2.24) is 30.4 Å². The second-order valence-electron chi connectivity index (χ2n) is 16.4. The Hall–Kier alpha value is -6.60. The number of aromatic nitrogens is 2. The average molecular weight is 840 g/mol. The third-order valence-electron chi connectivity index (χ3n) is 11.9. The minimum atomic E-state index is -1.59. The van der Waals surface area contributed by atoms with Crippen LogP contribution in [0.4, 0.5) is 0 Å². The van der Waals surface area contributed by atoms with Crippen LogP contribution in [0.5, 0.6) is 0 Å².